The Morgan fingerprint density at radius 1 is 1.11 bits per heavy atom. The van der Waals surface area contributed by atoms with Crippen molar-refractivity contribution in [2.75, 3.05) is 6.61 Å². The third-order valence-corrected chi connectivity index (χ3v) is 5.83. The molecular weight excluding hydrogens is 532 g/mol. The Bertz CT molecular complexity index is 1500. The molecule has 0 bridgehead atoms. The minimum Gasteiger partial charge on any atom is -0.491 e. The number of ether oxygens (including phenoxy) is 1. The molecule has 1 fully saturated rings. The number of hydrogen-bond acceptors (Lipinski definition) is 6. The highest BCUT2D eigenvalue weighted by molar-refractivity contribution is 6.33. The standard InChI is InChI=1S/C22H14ClF6N5O3/c23-14-6-11(21(24,25)26)7-34-8-15(31-19(14)34)20-32-18(33-37-20)10-1-3-16(13(5-10)22(27,28)29)36-9-12-2-4-17(35)30-12/h1,3,5-8,12H,2,4,9H2,(H,30,35). The van der Waals surface area contributed by atoms with Gasteiger partial charge in [-0.1, -0.05) is 16.8 Å². The lowest BCUT2D eigenvalue weighted by Gasteiger charge is -2.17. The zero-order valence-corrected chi connectivity index (χ0v) is 19.1. The van der Waals surface area contributed by atoms with Gasteiger partial charge in [-0.3, -0.25) is 4.79 Å². The molecule has 8 nitrogen and oxygen atoms in total. The second-order valence-corrected chi connectivity index (χ2v) is 8.58. The number of imidazole rings is 1. The number of benzene rings is 1. The average molecular weight is 546 g/mol. The second kappa shape index (κ2) is 8.94. The highest BCUT2D eigenvalue weighted by Gasteiger charge is 2.36. The van der Waals surface area contributed by atoms with Crippen molar-refractivity contribution in [1.29, 1.82) is 0 Å². The van der Waals surface area contributed by atoms with Gasteiger partial charge in [-0.15, -0.1) is 0 Å². The lowest BCUT2D eigenvalue weighted by atomic mass is 10.1. The first-order chi connectivity index (χ1) is 17.4. The van der Waals surface area contributed by atoms with Gasteiger partial charge in [-0.05, 0) is 30.7 Å². The molecular formula is C22H14ClF6N5O3. The van der Waals surface area contributed by atoms with Crippen LogP contribution in [0.4, 0.5) is 26.3 Å². The highest BCUT2D eigenvalue weighted by atomic mass is 35.5. The topological polar surface area (TPSA) is 94.5 Å². The van der Waals surface area contributed by atoms with Gasteiger partial charge in [-0.25, -0.2) is 4.98 Å². The minimum absolute atomic E-state index is 0.0104. The molecule has 5 rings (SSSR count). The van der Waals surface area contributed by atoms with Gasteiger partial charge in [0.25, 0.3) is 5.89 Å². The first kappa shape index (κ1) is 24.9. The summed E-state index contributed by atoms with van der Waals surface area (Å²) in [7, 11) is 0. The molecule has 1 atom stereocenters. The fourth-order valence-corrected chi connectivity index (χ4v) is 4.03. The molecule has 1 amide bonds. The Morgan fingerprint density at radius 3 is 2.57 bits per heavy atom. The molecule has 0 radical (unpaired) electrons. The van der Waals surface area contributed by atoms with E-state index in [4.69, 9.17) is 20.9 Å². The van der Waals surface area contributed by atoms with E-state index in [1.54, 1.807) is 0 Å². The molecule has 1 saturated heterocycles. The molecule has 4 heterocycles. The van der Waals surface area contributed by atoms with Crippen LogP contribution in [0, 0.1) is 0 Å². The summed E-state index contributed by atoms with van der Waals surface area (Å²) in [4.78, 5) is 19.4. The van der Waals surface area contributed by atoms with Crippen LogP contribution in [0.5, 0.6) is 5.75 Å². The Balaban J connectivity index is 1.43. The van der Waals surface area contributed by atoms with E-state index in [1.807, 2.05) is 0 Å². The number of pyridine rings is 1. The Labute approximate surface area is 208 Å². The van der Waals surface area contributed by atoms with Crippen molar-refractivity contribution in [3.63, 3.8) is 0 Å². The Hall–Kier alpha value is -3.81. The molecule has 4 aromatic rings. The number of carbonyl (C=O) groups excluding carboxylic acids is 1. The van der Waals surface area contributed by atoms with E-state index >= 15 is 0 Å². The molecule has 1 aliphatic heterocycles. The van der Waals surface area contributed by atoms with Gasteiger partial charge in [0.15, 0.2) is 5.65 Å². The van der Waals surface area contributed by atoms with E-state index in [-0.39, 0.29) is 58.6 Å². The van der Waals surface area contributed by atoms with Crippen molar-refractivity contribution in [3.8, 4) is 28.7 Å². The van der Waals surface area contributed by atoms with Crippen LogP contribution in [-0.4, -0.2) is 38.1 Å². The Morgan fingerprint density at radius 2 is 1.89 bits per heavy atom. The number of fused-ring (bicyclic) bond motifs is 1. The maximum absolute atomic E-state index is 13.7. The smallest absolute Gasteiger partial charge is 0.419 e. The molecule has 0 spiro atoms. The largest absolute Gasteiger partial charge is 0.491 e. The average Bonchev–Trinajstić information content (AvgIpc) is 3.55. The third-order valence-electron chi connectivity index (χ3n) is 5.55. The van der Waals surface area contributed by atoms with Crippen LogP contribution in [0.25, 0.3) is 28.6 Å². The van der Waals surface area contributed by atoms with E-state index in [9.17, 15) is 31.1 Å². The monoisotopic (exact) mass is 545 g/mol. The summed E-state index contributed by atoms with van der Waals surface area (Å²) >= 11 is 5.93. The SMILES string of the molecule is O=C1CCC(COc2ccc(-c3noc(-c4cn5cc(C(F)(F)F)cc(Cl)c5n4)n3)cc2C(F)(F)F)N1. The number of nitrogens with zero attached hydrogens (tertiary/aromatic N) is 4. The maximum Gasteiger partial charge on any atom is 0.419 e. The minimum atomic E-state index is -4.77. The number of carbonyl (C=O) groups is 1. The fraction of sp³-hybridized carbons (Fsp3) is 0.273. The van der Waals surface area contributed by atoms with Gasteiger partial charge in [-0.2, -0.15) is 31.3 Å². The quantitative estimate of drug-likeness (QED) is 0.338. The molecule has 0 saturated carbocycles. The number of aromatic nitrogens is 4. The summed E-state index contributed by atoms with van der Waals surface area (Å²) < 4.78 is 91.9. The van der Waals surface area contributed by atoms with E-state index in [0.717, 1.165) is 28.8 Å². The van der Waals surface area contributed by atoms with Crippen molar-refractivity contribution < 1.29 is 40.4 Å². The van der Waals surface area contributed by atoms with Crippen molar-refractivity contribution in [3.05, 3.63) is 52.8 Å². The van der Waals surface area contributed by atoms with Crippen LogP contribution in [0.2, 0.25) is 5.02 Å². The van der Waals surface area contributed by atoms with E-state index in [1.165, 1.54) is 12.3 Å². The molecule has 194 valence electrons. The van der Waals surface area contributed by atoms with Crippen molar-refractivity contribution in [2.45, 2.75) is 31.2 Å². The molecule has 1 aromatic carbocycles. The zero-order valence-electron chi connectivity index (χ0n) is 18.3. The fourth-order valence-electron chi connectivity index (χ4n) is 3.77. The van der Waals surface area contributed by atoms with Gasteiger partial charge in [0.05, 0.1) is 22.2 Å². The number of hydrogen-bond donors (Lipinski definition) is 1. The number of rotatable bonds is 5. The zero-order chi connectivity index (χ0) is 26.5. The second-order valence-electron chi connectivity index (χ2n) is 8.18. The first-order valence-corrected chi connectivity index (χ1v) is 11.0. The summed E-state index contributed by atoms with van der Waals surface area (Å²) in [6.07, 6.45) is -6.73. The lowest BCUT2D eigenvalue weighted by Crippen LogP contribution is -2.31. The molecule has 37 heavy (non-hydrogen) atoms. The Kier molecular flexibility index (Phi) is 6.01. The number of alkyl halides is 6. The van der Waals surface area contributed by atoms with E-state index in [0.29, 0.717) is 6.42 Å². The number of nitrogens with one attached hydrogen (secondary N) is 1. The number of halogens is 7. The van der Waals surface area contributed by atoms with Crippen LogP contribution in [0.15, 0.2) is 41.2 Å². The van der Waals surface area contributed by atoms with Crippen LogP contribution in [0.1, 0.15) is 24.0 Å². The van der Waals surface area contributed by atoms with Crippen molar-refractivity contribution in [1.82, 2.24) is 24.8 Å². The summed E-state index contributed by atoms with van der Waals surface area (Å²) in [5.74, 6) is -1.08. The van der Waals surface area contributed by atoms with Gasteiger partial charge >= 0.3 is 12.4 Å². The first-order valence-electron chi connectivity index (χ1n) is 10.6. The molecule has 1 unspecified atom stereocenters. The van der Waals surface area contributed by atoms with Gasteiger partial charge in [0, 0.05) is 24.4 Å². The van der Waals surface area contributed by atoms with E-state index < -0.39 is 29.2 Å². The predicted molar refractivity (Wildman–Crippen MR) is 116 cm³/mol. The molecule has 0 aliphatic carbocycles. The maximum atomic E-state index is 13.7. The number of amides is 1. The van der Waals surface area contributed by atoms with Crippen molar-refractivity contribution in [2.24, 2.45) is 0 Å². The molecule has 1 N–H and O–H groups in total. The summed E-state index contributed by atoms with van der Waals surface area (Å²) in [5.41, 5.74) is -2.18. The molecule has 1 aliphatic rings. The lowest BCUT2D eigenvalue weighted by molar-refractivity contribution is -0.139. The van der Waals surface area contributed by atoms with E-state index in [2.05, 4.69) is 20.4 Å². The van der Waals surface area contributed by atoms with Crippen LogP contribution in [-0.2, 0) is 17.1 Å². The third kappa shape index (κ3) is 5.05. The summed E-state index contributed by atoms with van der Waals surface area (Å²) in [6, 6.07) is 3.51. The normalized spacial score (nSPS) is 16.4. The summed E-state index contributed by atoms with van der Waals surface area (Å²) in [5, 5.41) is 6.02. The predicted octanol–water partition coefficient (Wildman–Crippen LogP) is 5.40. The van der Waals surface area contributed by atoms with Crippen LogP contribution < -0.4 is 10.1 Å². The summed E-state index contributed by atoms with van der Waals surface area (Å²) in [6.45, 7) is -0.132. The van der Waals surface area contributed by atoms with Crippen molar-refractivity contribution >= 4 is 23.2 Å². The van der Waals surface area contributed by atoms with Crippen LogP contribution in [0.3, 0.4) is 0 Å². The highest BCUT2D eigenvalue weighted by Crippen LogP contribution is 2.39. The molecule has 15 heteroatoms. The molecule has 3 aromatic heterocycles. The van der Waals surface area contributed by atoms with Gasteiger partial charge in [0.2, 0.25) is 11.7 Å². The van der Waals surface area contributed by atoms with Gasteiger partial charge in [0.1, 0.15) is 18.1 Å². The van der Waals surface area contributed by atoms with Gasteiger partial charge < -0.3 is 19.0 Å². The van der Waals surface area contributed by atoms with Crippen LogP contribution >= 0.6 is 11.6 Å².